The molecule has 2 aromatic rings. The molecule has 0 N–H and O–H groups in total. The summed E-state index contributed by atoms with van der Waals surface area (Å²) in [6, 6.07) is 13.9. The number of nitrogens with zero attached hydrogens (tertiary/aromatic N) is 2. The van der Waals surface area contributed by atoms with Crippen LogP contribution in [0.1, 0.15) is 18.1 Å². The van der Waals surface area contributed by atoms with Crippen molar-refractivity contribution in [1.82, 2.24) is 9.80 Å². The summed E-state index contributed by atoms with van der Waals surface area (Å²) >= 11 is 12.2. The predicted molar refractivity (Wildman–Crippen MR) is 120 cm³/mol. The van der Waals surface area contributed by atoms with Crippen molar-refractivity contribution in [2.24, 2.45) is 0 Å². The van der Waals surface area contributed by atoms with Crippen LogP contribution in [-0.2, 0) is 14.3 Å². The quantitative estimate of drug-likeness (QED) is 0.647. The number of ether oxygens (including phenoxy) is 1. The SMILES string of the molecule is CCOC(=O)[C@H]1[C@@H](C=C(c2ccc(Cl)cc2)c2ccc(Cl)cc2)N(C)CC(=O)N1C. The zero-order valence-electron chi connectivity index (χ0n) is 17.1. The first kappa shape index (κ1) is 22.3. The normalized spacial score (nSPS) is 19.5. The summed E-state index contributed by atoms with van der Waals surface area (Å²) in [5.41, 5.74) is 2.80. The van der Waals surface area contributed by atoms with Crippen LogP contribution < -0.4 is 0 Å². The van der Waals surface area contributed by atoms with E-state index in [0.29, 0.717) is 10.0 Å². The van der Waals surface area contributed by atoms with Crippen molar-refractivity contribution >= 4 is 40.7 Å². The molecule has 30 heavy (non-hydrogen) atoms. The maximum absolute atomic E-state index is 12.7. The topological polar surface area (TPSA) is 49.9 Å². The second-order valence-corrected chi connectivity index (χ2v) is 8.07. The van der Waals surface area contributed by atoms with Gasteiger partial charge in [0.2, 0.25) is 5.91 Å². The molecule has 1 fully saturated rings. The summed E-state index contributed by atoms with van der Waals surface area (Å²) in [6.07, 6.45) is 2.01. The van der Waals surface area contributed by atoms with E-state index in [9.17, 15) is 9.59 Å². The van der Waals surface area contributed by atoms with Gasteiger partial charge in [-0.25, -0.2) is 4.79 Å². The Kier molecular flexibility index (Phi) is 7.19. The van der Waals surface area contributed by atoms with E-state index in [1.165, 1.54) is 4.90 Å². The molecular formula is C23H24Cl2N2O3. The molecule has 0 spiro atoms. The van der Waals surface area contributed by atoms with Gasteiger partial charge >= 0.3 is 5.97 Å². The molecule has 1 saturated heterocycles. The van der Waals surface area contributed by atoms with Crippen LogP contribution >= 0.6 is 23.2 Å². The third-order valence-corrected chi connectivity index (χ3v) is 5.71. The molecule has 1 aliphatic heterocycles. The van der Waals surface area contributed by atoms with Crippen molar-refractivity contribution in [2.45, 2.75) is 19.0 Å². The second kappa shape index (κ2) is 9.65. The second-order valence-electron chi connectivity index (χ2n) is 7.20. The van der Waals surface area contributed by atoms with Gasteiger partial charge in [0.1, 0.15) is 6.04 Å². The van der Waals surface area contributed by atoms with E-state index in [4.69, 9.17) is 27.9 Å². The van der Waals surface area contributed by atoms with Crippen molar-refractivity contribution in [3.8, 4) is 0 Å². The van der Waals surface area contributed by atoms with Crippen LogP contribution in [0.15, 0.2) is 54.6 Å². The van der Waals surface area contributed by atoms with Crippen molar-refractivity contribution in [3.05, 3.63) is 75.8 Å². The first-order chi connectivity index (χ1) is 14.3. The minimum Gasteiger partial charge on any atom is -0.464 e. The largest absolute Gasteiger partial charge is 0.464 e. The first-order valence-corrected chi connectivity index (χ1v) is 10.4. The predicted octanol–water partition coefficient (Wildman–Crippen LogP) is 4.13. The zero-order valence-corrected chi connectivity index (χ0v) is 18.7. The molecule has 5 nitrogen and oxygen atoms in total. The van der Waals surface area contributed by atoms with Gasteiger partial charge in [0.25, 0.3) is 0 Å². The number of likely N-dealkylation sites (N-methyl/N-ethyl adjacent to an activating group) is 2. The third kappa shape index (κ3) is 4.86. The Morgan fingerprint density at radius 2 is 1.53 bits per heavy atom. The fraction of sp³-hybridized carbons (Fsp3) is 0.304. The molecule has 7 heteroatoms. The molecule has 0 aliphatic carbocycles. The lowest BCUT2D eigenvalue weighted by Gasteiger charge is -2.42. The van der Waals surface area contributed by atoms with Gasteiger partial charge in [0, 0.05) is 17.1 Å². The van der Waals surface area contributed by atoms with Crippen LogP contribution in [0.4, 0.5) is 0 Å². The number of benzene rings is 2. The summed E-state index contributed by atoms with van der Waals surface area (Å²) in [6.45, 7) is 2.21. The van der Waals surface area contributed by atoms with Crippen molar-refractivity contribution in [2.75, 3.05) is 27.2 Å². The third-order valence-electron chi connectivity index (χ3n) is 5.20. The first-order valence-electron chi connectivity index (χ1n) is 9.68. The molecule has 2 aromatic carbocycles. The minimum atomic E-state index is -0.745. The Bertz CT molecular complexity index is 894. The summed E-state index contributed by atoms with van der Waals surface area (Å²) in [5, 5.41) is 1.28. The average Bonchev–Trinajstić information content (AvgIpc) is 2.71. The molecule has 0 radical (unpaired) electrons. The van der Waals surface area contributed by atoms with Gasteiger partial charge in [-0.05, 0) is 54.9 Å². The number of piperazine rings is 1. The van der Waals surface area contributed by atoms with Gasteiger partial charge in [0.15, 0.2) is 0 Å². The fourth-order valence-electron chi connectivity index (χ4n) is 3.59. The molecule has 158 valence electrons. The Hall–Kier alpha value is -2.34. The molecule has 0 saturated carbocycles. The molecule has 0 unspecified atom stereocenters. The van der Waals surface area contributed by atoms with Crippen molar-refractivity contribution in [3.63, 3.8) is 0 Å². The van der Waals surface area contributed by atoms with E-state index in [0.717, 1.165) is 16.7 Å². The van der Waals surface area contributed by atoms with Crippen LogP contribution in [0.25, 0.3) is 5.57 Å². The highest BCUT2D eigenvalue weighted by Crippen LogP contribution is 2.29. The molecule has 3 rings (SSSR count). The van der Waals surface area contributed by atoms with E-state index in [2.05, 4.69) is 0 Å². The molecular weight excluding hydrogens is 423 g/mol. The van der Waals surface area contributed by atoms with Crippen molar-refractivity contribution < 1.29 is 14.3 Å². The van der Waals surface area contributed by atoms with Gasteiger partial charge < -0.3 is 9.64 Å². The number of amides is 1. The number of carbonyl (C=O) groups is 2. The Balaban J connectivity index is 2.12. The summed E-state index contributed by atoms with van der Waals surface area (Å²) < 4.78 is 5.28. The number of rotatable bonds is 5. The summed E-state index contributed by atoms with van der Waals surface area (Å²) in [4.78, 5) is 28.5. The van der Waals surface area contributed by atoms with Crippen LogP contribution in [0, 0.1) is 0 Å². The smallest absolute Gasteiger partial charge is 0.330 e. The van der Waals surface area contributed by atoms with Gasteiger partial charge in [-0.3, -0.25) is 9.69 Å². The standard InChI is InChI=1S/C23H24Cl2N2O3/c1-4-30-23(29)22-20(26(2)14-21(28)27(22)3)13-19(15-5-9-17(24)10-6-15)16-7-11-18(25)12-8-16/h5-13,20,22H,4,14H2,1-3H3/t20-,22-/m1/s1. The van der Waals surface area contributed by atoms with E-state index in [-0.39, 0.29) is 25.1 Å². The van der Waals surface area contributed by atoms with Crippen molar-refractivity contribution in [1.29, 1.82) is 0 Å². The van der Waals surface area contributed by atoms with E-state index >= 15 is 0 Å². The maximum Gasteiger partial charge on any atom is 0.330 e. The number of esters is 1. The lowest BCUT2D eigenvalue weighted by Crippen LogP contribution is -2.62. The monoisotopic (exact) mass is 446 g/mol. The highest BCUT2D eigenvalue weighted by atomic mass is 35.5. The van der Waals surface area contributed by atoms with Gasteiger partial charge in [-0.15, -0.1) is 0 Å². The Labute approximate surface area is 186 Å². The maximum atomic E-state index is 12.7. The fourth-order valence-corrected chi connectivity index (χ4v) is 3.84. The number of hydrogen-bond acceptors (Lipinski definition) is 4. The van der Waals surface area contributed by atoms with Crippen LogP contribution in [-0.4, -0.2) is 61.0 Å². The van der Waals surface area contributed by atoms with Crippen LogP contribution in [0.5, 0.6) is 0 Å². The molecule has 1 aliphatic rings. The molecule has 2 atom stereocenters. The lowest BCUT2D eigenvalue weighted by atomic mass is 9.92. The van der Waals surface area contributed by atoms with E-state index in [1.54, 1.807) is 14.0 Å². The zero-order chi connectivity index (χ0) is 21.8. The number of halogens is 2. The van der Waals surface area contributed by atoms with Crippen LogP contribution in [0.2, 0.25) is 10.0 Å². The highest BCUT2D eigenvalue weighted by Gasteiger charge is 2.41. The number of hydrogen-bond donors (Lipinski definition) is 0. The summed E-state index contributed by atoms with van der Waals surface area (Å²) in [7, 11) is 3.47. The molecule has 0 bridgehead atoms. The Morgan fingerprint density at radius 3 is 2.00 bits per heavy atom. The van der Waals surface area contributed by atoms with E-state index < -0.39 is 12.0 Å². The van der Waals surface area contributed by atoms with E-state index in [1.807, 2.05) is 66.6 Å². The molecule has 1 amide bonds. The lowest BCUT2D eigenvalue weighted by molar-refractivity contribution is -0.160. The Morgan fingerprint density at radius 1 is 1.03 bits per heavy atom. The number of carbonyl (C=O) groups excluding carboxylic acids is 2. The average molecular weight is 447 g/mol. The molecule has 1 heterocycles. The van der Waals surface area contributed by atoms with Crippen LogP contribution in [0.3, 0.4) is 0 Å². The minimum absolute atomic E-state index is 0.125. The van der Waals surface area contributed by atoms with Gasteiger partial charge in [-0.1, -0.05) is 53.5 Å². The molecule has 0 aromatic heterocycles. The van der Waals surface area contributed by atoms with Gasteiger partial charge in [0.05, 0.1) is 19.2 Å². The van der Waals surface area contributed by atoms with Gasteiger partial charge in [-0.2, -0.15) is 0 Å². The highest BCUT2D eigenvalue weighted by molar-refractivity contribution is 6.31. The summed E-state index contributed by atoms with van der Waals surface area (Å²) in [5.74, 6) is -0.549.